The predicted octanol–water partition coefficient (Wildman–Crippen LogP) is 0.533. The minimum Gasteiger partial charge on any atom is -0.459 e. The lowest BCUT2D eigenvalue weighted by molar-refractivity contribution is -0.432. The molecule has 0 saturated carbocycles. The molecule has 1 aromatic rings. The lowest BCUT2D eigenvalue weighted by atomic mass is 10.1. The van der Waals surface area contributed by atoms with Crippen molar-refractivity contribution in [1.29, 1.82) is 0 Å². The van der Waals surface area contributed by atoms with Crippen LogP contribution in [-0.2, 0) is 9.53 Å². The minimum atomic E-state index is -0.260. The number of hydrogen-bond acceptors (Lipinski definition) is 2. The molecule has 0 aromatic heterocycles. The van der Waals surface area contributed by atoms with E-state index in [1.54, 1.807) is 0 Å². The molecule has 0 unspecified atom stereocenters. The van der Waals surface area contributed by atoms with Crippen molar-refractivity contribution >= 4 is 5.97 Å². The lowest BCUT2D eigenvalue weighted by Gasteiger charge is -2.07. The summed E-state index contributed by atoms with van der Waals surface area (Å²) in [5, 5.41) is 0. The number of hydrogen-bond donors (Lipinski definition) is 1. The fourth-order valence-electron chi connectivity index (χ4n) is 1.04. The summed E-state index contributed by atoms with van der Waals surface area (Å²) in [6.07, 6.45) is 0. The maximum absolute atomic E-state index is 10.5. The van der Waals surface area contributed by atoms with E-state index in [9.17, 15) is 4.79 Å². The van der Waals surface area contributed by atoms with E-state index in [1.807, 2.05) is 30.3 Å². The van der Waals surface area contributed by atoms with Gasteiger partial charge >= 0.3 is 5.97 Å². The average Bonchev–Trinajstić information content (AvgIpc) is 2.15. The van der Waals surface area contributed by atoms with Crippen LogP contribution in [0.3, 0.4) is 0 Å². The fraction of sp³-hybridized carbons (Fsp3) is 0.300. The number of benzene rings is 1. The van der Waals surface area contributed by atoms with Gasteiger partial charge in [0, 0.05) is 12.5 Å². The van der Waals surface area contributed by atoms with E-state index in [1.165, 1.54) is 6.92 Å². The third kappa shape index (κ3) is 3.25. The molecule has 3 nitrogen and oxygen atoms in total. The first-order valence-corrected chi connectivity index (χ1v) is 4.21. The molecular formula is C10H14NO2+. The number of esters is 1. The average molecular weight is 180 g/mol. The zero-order valence-corrected chi connectivity index (χ0v) is 7.69. The van der Waals surface area contributed by atoms with Gasteiger partial charge in [-0.25, -0.2) is 0 Å². The van der Waals surface area contributed by atoms with Crippen molar-refractivity contribution < 1.29 is 15.3 Å². The summed E-state index contributed by atoms with van der Waals surface area (Å²) in [4.78, 5) is 10.5. The van der Waals surface area contributed by atoms with Crippen LogP contribution in [0.2, 0.25) is 0 Å². The SMILES string of the molecule is CC(=O)OC[C@H]([NH3+])c1ccccc1. The Morgan fingerprint density at radius 3 is 2.62 bits per heavy atom. The monoisotopic (exact) mass is 180 g/mol. The van der Waals surface area contributed by atoms with Crippen molar-refractivity contribution in [2.75, 3.05) is 6.61 Å². The van der Waals surface area contributed by atoms with Crippen LogP contribution in [0.25, 0.3) is 0 Å². The Bertz CT molecular complexity index is 272. The van der Waals surface area contributed by atoms with Gasteiger partial charge in [-0.15, -0.1) is 0 Å². The lowest BCUT2D eigenvalue weighted by Crippen LogP contribution is -2.55. The van der Waals surface area contributed by atoms with E-state index in [0.717, 1.165) is 5.56 Å². The van der Waals surface area contributed by atoms with Gasteiger partial charge in [-0.3, -0.25) is 4.79 Å². The van der Waals surface area contributed by atoms with Crippen LogP contribution in [0.1, 0.15) is 18.5 Å². The molecule has 13 heavy (non-hydrogen) atoms. The second-order valence-corrected chi connectivity index (χ2v) is 2.91. The molecule has 0 aliphatic heterocycles. The topological polar surface area (TPSA) is 53.9 Å². The third-order valence-electron chi connectivity index (χ3n) is 1.76. The van der Waals surface area contributed by atoms with Gasteiger partial charge in [0.2, 0.25) is 0 Å². The van der Waals surface area contributed by atoms with E-state index in [-0.39, 0.29) is 12.0 Å². The molecule has 0 bridgehead atoms. The first-order chi connectivity index (χ1) is 6.20. The number of ether oxygens (including phenoxy) is 1. The van der Waals surface area contributed by atoms with Gasteiger partial charge in [0.1, 0.15) is 12.6 Å². The van der Waals surface area contributed by atoms with Crippen molar-refractivity contribution in [2.24, 2.45) is 0 Å². The van der Waals surface area contributed by atoms with E-state index >= 15 is 0 Å². The molecule has 0 amide bonds. The first kappa shape index (κ1) is 9.74. The van der Waals surface area contributed by atoms with Gasteiger partial charge in [-0.05, 0) is 0 Å². The Hall–Kier alpha value is -1.35. The molecule has 1 rings (SSSR count). The summed E-state index contributed by atoms with van der Waals surface area (Å²) in [6.45, 7) is 1.75. The summed E-state index contributed by atoms with van der Waals surface area (Å²) in [7, 11) is 0. The Labute approximate surface area is 77.5 Å². The highest BCUT2D eigenvalue weighted by atomic mass is 16.5. The fourth-order valence-corrected chi connectivity index (χ4v) is 1.04. The van der Waals surface area contributed by atoms with Crippen LogP contribution in [0, 0.1) is 0 Å². The molecule has 1 atom stereocenters. The molecule has 70 valence electrons. The highest BCUT2D eigenvalue weighted by Crippen LogP contribution is 2.07. The molecule has 0 radical (unpaired) electrons. The Morgan fingerprint density at radius 1 is 1.46 bits per heavy atom. The minimum absolute atomic E-state index is 0.0186. The molecule has 3 heteroatoms. The van der Waals surface area contributed by atoms with Crippen LogP contribution in [0.5, 0.6) is 0 Å². The zero-order valence-electron chi connectivity index (χ0n) is 7.69. The van der Waals surface area contributed by atoms with Crippen molar-refractivity contribution in [3.05, 3.63) is 35.9 Å². The Morgan fingerprint density at radius 2 is 2.08 bits per heavy atom. The van der Waals surface area contributed by atoms with Gasteiger partial charge in [-0.1, -0.05) is 30.3 Å². The van der Waals surface area contributed by atoms with Crippen LogP contribution in [0.4, 0.5) is 0 Å². The molecule has 1 aromatic carbocycles. The molecule has 0 heterocycles. The molecular weight excluding hydrogens is 166 g/mol. The predicted molar refractivity (Wildman–Crippen MR) is 48.7 cm³/mol. The van der Waals surface area contributed by atoms with Gasteiger partial charge in [0.05, 0.1) is 0 Å². The molecule has 0 aliphatic rings. The summed E-state index contributed by atoms with van der Waals surface area (Å²) in [5.41, 5.74) is 4.99. The van der Waals surface area contributed by atoms with Crippen molar-refractivity contribution in [2.45, 2.75) is 13.0 Å². The largest absolute Gasteiger partial charge is 0.459 e. The smallest absolute Gasteiger partial charge is 0.302 e. The maximum Gasteiger partial charge on any atom is 0.302 e. The van der Waals surface area contributed by atoms with Crippen LogP contribution in [0.15, 0.2) is 30.3 Å². The molecule has 0 saturated heterocycles. The summed E-state index contributed by atoms with van der Waals surface area (Å²) in [5.74, 6) is -0.260. The highest BCUT2D eigenvalue weighted by Gasteiger charge is 2.09. The third-order valence-corrected chi connectivity index (χ3v) is 1.76. The van der Waals surface area contributed by atoms with E-state index in [4.69, 9.17) is 4.74 Å². The highest BCUT2D eigenvalue weighted by molar-refractivity contribution is 5.65. The molecule has 3 N–H and O–H groups in total. The van der Waals surface area contributed by atoms with Gasteiger partial charge in [-0.2, -0.15) is 0 Å². The first-order valence-electron chi connectivity index (χ1n) is 4.21. The van der Waals surface area contributed by atoms with Crippen molar-refractivity contribution in [1.82, 2.24) is 0 Å². The molecule has 0 fully saturated rings. The normalized spacial score (nSPS) is 12.2. The number of carbonyl (C=O) groups is 1. The molecule has 0 spiro atoms. The maximum atomic E-state index is 10.5. The van der Waals surface area contributed by atoms with Crippen LogP contribution in [-0.4, -0.2) is 12.6 Å². The summed E-state index contributed by atoms with van der Waals surface area (Å²) < 4.78 is 4.86. The van der Waals surface area contributed by atoms with E-state index in [0.29, 0.717) is 6.61 Å². The van der Waals surface area contributed by atoms with Crippen molar-refractivity contribution in [3.63, 3.8) is 0 Å². The van der Waals surface area contributed by atoms with E-state index < -0.39 is 0 Å². The second-order valence-electron chi connectivity index (χ2n) is 2.91. The zero-order chi connectivity index (χ0) is 9.68. The van der Waals surface area contributed by atoms with Crippen LogP contribution < -0.4 is 5.73 Å². The summed E-state index contributed by atoms with van der Waals surface area (Å²) in [6, 6.07) is 9.80. The Kier molecular flexibility index (Phi) is 3.46. The quantitative estimate of drug-likeness (QED) is 0.690. The van der Waals surface area contributed by atoms with Gasteiger partial charge in [0.15, 0.2) is 0 Å². The summed E-state index contributed by atoms with van der Waals surface area (Å²) >= 11 is 0. The van der Waals surface area contributed by atoms with Crippen molar-refractivity contribution in [3.8, 4) is 0 Å². The molecule has 0 aliphatic carbocycles. The van der Waals surface area contributed by atoms with E-state index in [2.05, 4.69) is 5.73 Å². The van der Waals surface area contributed by atoms with Gasteiger partial charge < -0.3 is 10.5 Å². The van der Waals surface area contributed by atoms with Gasteiger partial charge in [0.25, 0.3) is 0 Å². The van der Waals surface area contributed by atoms with Crippen LogP contribution >= 0.6 is 0 Å². The number of carbonyl (C=O) groups excluding carboxylic acids is 1. The second kappa shape index (κ2) is 4.62. The standard InChI is InChI=1S/C10H13NO2/c1-8(12)13-7-10(11)9-5-3-2-4-6-9/h2-6,10H,7,11H2,1H3/p+1/t10-/m0/s1. The number of rotatable bonds is 3. The Balaban J connectivity index is 2.49. The number of quaternary nitrogens is 1.